The van der Waals surface area contributed by atoms with Crippen molar-refractivity contribution in [3.8, 4) is 0 Å². The van der Waals surface area contributed by atoms with E-state index in [2.05, 4.69) is 10.6 Å². The summed E-state index contributed by atoms with van der Waals surface area (Å²) in [6.07, 6.45) is 1.71. The highest BCUT2D eigenvalue weighted by molar-refractivity contribution is 6.35. The molecule has 0 radical (unpaired) electrons. The lowest BCUT2D eigenvalue weighted by molar-refractivity contribution is -0.141. The van der Waals surface area contributed by atoms with Crippen molar-refractivity contribution in [2.45, 2.75) is 25.3 Å². The molecule has 2 amide bonds. The lowest BCUT2D eigenvalue weighted by Gasteiger charge is -2.13. The number of rotatable bonds is 3. The van der Waals surface area contributed by atoms with Gasteiger partial charge in [0.05, 0.1) is 5.92 Å². The third-order valence-electron chi connectivity index (χ3n) is 3.24. The fourth-order valence-corrected chi connectivity index (χ4v) is 2.84. The number of nitrogens with one attached hydrogen (secondary N) is 2. The van der Waals surface area contributed by atoms with Crippen LogP contribution in [-0.2, 0) is 4.79 Å². The molecule has 3 N–H and O–H groups in total. The molecule has 108 valence electrons. The van der Waals surface area contributed by atoms with Crippen LogP contribution in [-0.4, -0.2) is 23.1 Å². The molecular formula is C13H14Cl2N2O3. The van der Waals surface area contributed by atoms with Crippen LogP contribution in [0.3, 0.4) is 0 Å². The zero-order chi connectivity index (χ0) is 14.7. The third kappa shape index (κ3) is 4.02. The Kier molecular flexibility index (Phi) is 4.73. The van der Waals surface area contributed by atoms with E-state index in [1.165, 1.54) is 0 Å². The van der Waals surface area contributed by atoms with Crippen molar-refractivity contribution in [2.75, 3.05) is 5.32 Å². The number of benzene rings is 1. The molecule has 5 nitrogen and oxygen atoms in total. The molecule has 1 aromatic rings. The van der Waals surface area contributed by atoms with Crippen LogP contribution in [0.4, 0.5) is 10.5 Å². The molecule has 1 saturated carbocycles. The van der Waals surface area contributed by atoms with Gasteiger partial charge in [0, 0.05) is 21.8 Å². The summed E-state index contributed by atoms with van der Waals surface area (Å²) >= 11 is 11.7. The quantitative estimate of drug-likeness (QED) is 0.800. The maximum absolute atomic E-state index is 11.8. The maximum atomic E-state index is 11.8. The van der Waals surface area contributed by atoms with E-state index in [1.54, 1.807) is 18.2 Å². The topological polar surface area (TPSA) is 78.4 Å². The lowest BCUT2D eigenvalue weighted by atomic mass is 10.1. The molecule has 1 aliphatic carbocycles. The second-order valence-corrected chi connectivity index (χ2v) is 5.67. The van der Waals surface area contributed by atoms with Gasteiger partial charge in [-0.25, -0.2) is 4.79 Å². The number of carbonyl (C=O) groups is 2. The van der Waals surface area contributed by atoms with Gasteiger partial charge in [-0.05, 0) is 37.5 Å². The molecule has 7 heteroatoms. The van der Waals surface area contributed by atoms with Gasteiger partial charge in [0.2, 0.25) is 0 Å². The summed E-state index contributed by atoms with van der Waals surface area (Å²) in [4.78, 5) is 22.7. The van der Waals surface area contributed by atoms with E-state index in [9.17, 15) is 9.59 Å². The summed E-state index contributed by atoms with van der Waals surface area (Å²) < 4.78 is 0. The van der Waals surface area contributed by atoms with Gasteiger partial charge in [-0.3, -0.25) is 4.79 Å². The van der Waals surface area contributed by atoms with Gasteiger partial charge in [0.15, 0.2) is 0 Å². The van der Waals surface area contributed by atoms with Crippen molar-refractivity contribution in [1.82, 2.24) is 5.32 Å². The highest BCUT2D eigenvalue weighted by Gasteiger charge is 2.30. The number of halogens is 2. The summed E-state index contributed by atoms with van der Waals surface area (Å²) in [5.74, 6) is -1.18. The maximum Gasteiger partial charge on any atom is 0.319 e. The second-order valence-electron chi connectivity index (χ2n) is 4.80. The van der Waals surface area contributed by atoms with Crippen LogP contribution in [0.2, 0.25) is 10.0 Å². The summed E-state index contributed by atoms with van der Waals surface area (Å²) in [7, 11) is 0. The molecule has 20 heavy (non-hydrogen) atoms. The number of aliphatic carboxylic acids is 1. The minimum Gasteiger partial charge on any atom is -0.481 e. The molecule has 1 aromatic carbocycles. The molecule has 2 rings (SSSR count). The van der Waals surface area contributed by atoms with Gasteiger partial charge >= 0.3 is 12.0 Å². The molecule has 2 atom stereocenters. The first-order valence-electron chi connectivity index (χ1n) is 6.20. The van der Waals surface area contributed by atoms with Gasteiger partial charge < -0.3 is 15.7 Å². The summed E-state index contributed by atoms with van der Waals surface area (Å²) in [6, 6.07) is 4.23. The minimum absolute atomic E-state index is 0.120. The summed E-state index contributed by atoms with van der Waals surface area (Å²) in [5, 5.41) is 15.1. The van der Waals surface area contributed by atoms with Crippen molar-refractivity contribution >= 4 is 40.9 Å². The molecule has 0 aromatic heterocycles. The van der Waals surface area contributed by atoms with E-state index >= 15 is 0 Å². The van der Waals surface area contributed by atoms with Gasteiger partial charge in [0.1, 0.15) is 0 Å². The Morgan fingerprint density at radius 2 is 1.80 bits per heavy atom. The number of carboxylic acids is 1. The molecule has 1 fully saturated rings. The van der Waals surface area contributed by atoms with Gasteiger partial charge in [-0.1, -0.05) is 23.2 Å². The molecule has 0 bridgehead atoms. The fourth-order valence-electron chi connectivity index (χ4n) is 2.32. The number of carbonyl (C=O) groups excluding carboxylic acids is 1. The highest BCUT2D eigenvalue weighted by Crippen LogP contribution is 2.26. The van der Waals surface area contributed by atoms with Crippen molar-refractivity contribution in [3.05, 3.63) is 28.2 Å². The normalized spacial score (nSPS) is 21.5. The Morgan fingerprint density at radius 1 is 1.15 bits per heavy atom. The van der Waals surface area contributed by atoms with Crippen LogP contribution in [0.1, 0.15) is 19.3 Å². The van der Waals surface area contributed by atoms with Crippen LogP contribution in [0, 0.1) is 5.92 Å². The first-order chi connectivity index (χ1) is 9.44. The van der Waals surface area contributed by atoms with E-state index in [1.807, 2.05) is 0 Å². The Bertz CT molecular complexity index is 516. The molecule has 0 aliphatic heterocycles. The number of anilines is 1. The van der Waals surface area contributed by atoms with E-state index in [0.717, 1.165) is 0 Å². The second kappa shape index (κ2) is 6.33. The summed E-state index contributed by atoms with van der Waals surface area (Å²) in [5.41, 5.74) is 0.493. The molecule has 1 aliphatic rings. The van der Waals surface area contributed by atoms with Crippen molar-refractivity contribution in [1.29, 1.82) is 0 Å². The first kappa shape index (κ1) is 14.9. The van der Waals surface area contributed by atoms with Crippen molar-refractivity contribution in [2.24, 2.45) is 5.92 Å². The molecule has 0 heterocycles. The predicted molar refractivity (Wildman–Crippen MR) is 77.4 cm³/mol. The third-order valence-corrected chi connectivity index (χ3v) is 3.67. The molecule has 2 unspecified atom stereocenters. The van der Waals surface area contributed by atoms with Crippen molar-refractivity contribution < 1.29 is 14.7 Å². The van der Waals surface area contributed by atoms with Crippen LogP contribution >= 0.6 is 23.2 Å². The Labute approximate surface area is 126 Å². The number of urea groups is 1. The van der Waals surface area contributed by atoms with E-state index in [0.29, 0.717) is 35.0 Å². The van der Waals surface area contributed by atoms with Crippen molar-refractivity contribution in [3.63, 3.8) is 0 Å². The van der Waals surface area contributed by atoms with E-state index in [-0.39, 0.29) is 18.0 Å². The average molecular weight is 317 g/mol. The smallest absolute Gasteiger partial charge is 0.319 e. The van der Waals surface area contributed by atoms with Crippen LogP contribution in [0.5, 0.6) is 0 Å². The van der Waals surface area contributed by atoms with Gasteiger partial charge in [0.25, 0.3) is 0 Å². The van der Waals surface area contributed by atoms with Crippen LogP contribution < -0.4 is 10.6 Å². The Hall–Kier alpha value is -1.46. The monoisotopic (exact) mass is 316 g/mol. The summed E-state index contributed by atoms with van der Waals surface area (Å²) in [6.45, 7) is 0. The van der Waals surface area contributed by atoms with E-state index in [4.69, 9.17) is 28.3 Å². The van der Waals surface area contributed by atoms with Gasteiger partial charge in [-0.2, -0.15) is 0 Å². The van der Waals surface area contributed by atoms with Crippen LogP contribution in [0.15, 0.2) is 18.2 Å². The largest absolute Gasteiger partial charge is 0.481 e. The lowest BCUT2D eigenvalue weighted by Crippen LogP contribution is -2.36. The number of hydrogen-bond donors (Lipinski definition) is 3. The number of hydrogen-bond acceptors (Lipinski definition) is 2. The Morgan fingerprint density at radius 3 is 2.35 bits per heavy atom. The zero-order valence-electron chi connectivity index (χ0n) is 10.5. The highest BCUT2D eigenvalue weighted by atomic mass is 35.5. The average Bonchev–Trinajstić information content (AvgIpc) is 2.75. The minimum atomic E-state index is -0.809. The first-order valence-corrected chi connectivity index (χ1v) is 6.96. The molecular weight excluding hydrogens is 303 g/mol. The Balaban J connectivity index is 1.88. The standard InChI is InChI=1S/C13H14Cl2N2O3/c14-8-4-9(15)6-11(5-8)17-13(20)16-10-2-1-7(3-10)12(18)19/h4-7,10H,1-3H2,(H,18,19)(H2,16,17,20). The van der Waals surface area contributed by atoms with Gasteiger partial charge in [-0.15, -0.1) is 0 Å². The zero-order valence-corrected chi connectivity index (χ0v) is 12.0. The molecule has 0 saturated heterocycles. The number of amides is 2. The predicted octanol–water partition coefficient (Wildman–Crippen LogP) is 3.37. The molecule has 0 spiro atoms. The number of carboxylic acid groups (broad SMARTS) is 1. The van der Waals surface area contributed by atoms with E-state index < -0.39 is 5.97 Å². The van der Waals surface area contributed by atoms with Crippen LogP contribution in [0.25, 0.3) is 0 Å². The fraction of sp³-hybridized carbons (Fsp3) is 0.385. The SMILES string of the molecule is O=C(Nc1cc(Cl)cc(Cl)c1)NC1CCC(C(=O)O)C1.